The van der Waals surface area contributed by atoms with Crippen molar-refractivity contribution < 1.29 is 62.1 Å². The minimum absolute atomic E-state index is 0. The molecule has 0 amide bonds. The summed E-state index contributed by atoms with van der Waals surface area (Å²) in [4.78, 5) is 0. The van der Waals surface area contributed by atoms with Crippen LogP contribution in [0.15, 0.2) is 24.3 Å². The van der Waals surface area contributed by atoms with Crippen molar-refractivity contribution >= 4 is 25.3 Å². The first kappa shape index (κ1) is 49.5. The van der Waals surface area contributed by atoms with Gasteiger partial charge in [-0.1, -0.05) is 18.6 Å². The molecule has 1 aliphatic carbocycles. The largest absolute Gasteiger partial charge is 0.785 e. The minimum Gasteiger partial charge on any atom is -0.785 e. The van der Waals surface area contributed by atoms with E-state index in [0.29, 0.717) is 0 Å². The van der Waals surface area contributed by atoms with Crippen LogP contribution in [-0.2, 0) is 87.3 Å². The van der Waals surface area contributed by atoms with E-state index in [2.05, 4.69) is 39.9 Å². The van der Waals surface area contributed by atoms with Crippen LogP contribution in [0.2, 0.25) is 0 Å². The molecule has 10 heteroatoms. The molecular formula is C13H8Fe2O6S2-2. The van der Waals surface area contributed by atoms with Crippen LogP contribution in [0.3, 0.4) is 0 Å². The molecule has 0 saturated carbocycles. The Morgan fingerprint density at radius 1 is 0.565 bits per heavy atom. The molecule has 0 bridgehead atoms. The third-order valence-electron chi connectivity index (χ3n) is 1.23. The standard InChI is InChI=1S/C7H10S2.6CO.2Fe/c8-6-3-1-2-4-7(9)5-6;6*1-2;;/h1-4,6-9H,5H2;;;;;;;;/p-2. The normalized spacial score (nSPS) is 14.0. The van der Waals surface area contributed by atoms with Gasteiger partial charge in [-0.15, -0.1) is 22.7 Å². The summed E-state index contributed by atoms with van der Waals surface area (Å²) >= 11 is 10.1. The molecule has 0 aliphatic heterocycles. The molecule has 2 atom stereocenters. The van der Waals surface area contributed by atoms with E-state index in [1.54, 1.807) is 0 Å². The van der Waals surface area contributed by atoms with Gasteiger partial charge in [-0.05, 0) is 0 Å². The zero-order valence-corrected chi connectivity index (χ0v) is 15.0. The topological polar surface area (TPSA) is 119 Å². The predicted octanol–water partition coefficient (Wildman–Crippen LogP) is 1.10. The second kappa shape index (κ2) is 81.4. The molecule has 1 aliphatic rings. The van der Waals surface area contributed by atoms with Gasteiger partial charge in [0.1, 0.15) is 0 Å². The van der Waals surface area contributed by atoms with E-state index < -0.39 is 0 Å². The first-order chi connectivity index (χ1) is 10.3. The maximum absolute atomic E-state index is 7.50. The Hall–Kier alpha value is -0.341. The van der Waals surface area contributed by atoms with Crippen LogP contribution in [0.4, 0.5) is 0 Å². The molecule has 0 radical (unpaired) electrons. The van der Waals surface area contributed by atoms with Gasteiger partial charge in [0.2, 0.25) is 0 Å². The average Bonchev–Trinajstić information content (AvgIpc) is 2.81. The van der Waals surface area contributed by atoms with Gasteiger partial charge in [0.25, 0.3) is 0 Å². The zero-order chi connectivity index (χ0) is 18.7. The van der Waals surface area contributed by atoms with E-state index in [-0.39, 0.29) is 44.6 Å². The molecule has 0 N–H and O–H groups in total. The van der Waals surface area contributed by atoms with Crippen LogP contribution in [0.1, 0.15) is 6.42 Å². The summed E-state index contributed by atoms with van der Waals surface area (Å²) in [5, 5.41) is 0.477. The summed E-state index contributed by atoms with van der Waals surface area (Å²) in [7, 11) is 0. The van der Waals surface area contributed by atoms with E-state index in [1.807, 2.05) is 24.3 Å². The van der Waals surface area contributed by atoms with E-state index in [0.717, 1.165) is 6.42 Å². The van der Waals surface area contributed by atoms with Gasteiger partial charge in [0.15, 0.2) is 0 Å². The summed E-state index contributed by atoms with van der Waals surface area (Å²) < 4.78 is 45.0. The number of hydrogen-bond donors (Lipinski definition) is 0. The summed E-state index contributed by atoms with van der Waals surface area (Å²) in [6.45, 7) is 27.0. The molecule has 0 saturated heterocycles. The molecule has 1 rings (SSSR count). The van der Waals surface area contributed by atoms with Crippen molar-refractivity contribution in [2.24, 2.45) is 0 Å². The number of hydrogen-bond acceptors (Lipinski definition) is 2. The quantitative estimate of drug-likeness (QED) is 0.245. The molecule has 0 aromatic heterocycles. The van der Waals surface area contributed by atoms with Gasteiger partial charge < -0.3 is 25.3 Å². The molecule has 0 fully saturated rings. The molecule has 6 nitrogen and oxygen atoms in total. The summed E-state index contributed by atoms with van der Waals surface area (Å²) in [6.07, 6.45) is 8.90. The molecule has 0 spiro atoms. The van der Waals surface area contributed by atoms with Gasteiger partial charge in [-0.25, -0.2) is 0 Å². The van der Waals surface area contributed by atoms with Gasteiger partial charge in [-0.3, -0.25) is 0 Å². The molecule has 0 heterocycles. The van der Waals surface area contributed by atoms with Crippen LogP contribution in [-0.4, -0.2) is 10.5 Å². The SMILES string of the molecule is [C-]#[O+].[C-]#[O+].[C-]#[O+].[C-]#[O+].[C-]#[O+].[C-]#[O+].[Fe].[Fe].[S-]C1C=CC=CC([S-])C1. The minimum atomic E-state index is 0. The van der Waals surface area contributed by atoms with E-state index in [1.165, 1.54) is 0 Å². The number of rotatable bonds is 0. The smallest absolute Gasteiger partial charge is 0 e. The Morgan fingerprint density at radius 3 is 0.913 bits per heavy atom. The van der Waals surface area contributed by atoms with Gasteiger partial charge in [0.05, 0.1) is 0 Å². The third-order valence-corrected chi connectivity index (χ3v) is 1.93. The number of allylic oxidation sites excluding steroid dienone is 2. The van der Waals surface area contributed by atoms with Gasteiger partial charge >= 0.3 is 67.8 Å². The predicted molar refractivity (Wildman–Crippen MR) is 68.8 cm³/mol. The molecule has 126 valence electrons. The Labute approximate surface area is 168 Å². The van der Waals surface area contributed by atoms with Crippen molar-refractivity contribution in [3.63, 3.8) is 0 Å². The molecule has 0 aromatic carbocycles. The van der Waals surface area contributed by atoms with Gasteiger partial charge in [-0.2, -0.15) is 0 Å². The summed E-state index contributed by atoms with van der Waals surface area (Å²) in [5.74, 6) is 0. The van der Waals surface area contributed by atoms with Crippen LogP contribution >= 0.6 is 0 Å². The van der Waals surface area contributed by atoms with Gasteiger partial charge in [0, 0.05) is 34.1 Å². The van der Waals surface area contributed by atoms with Crippen LogP contribution in [0, 0.1) is 39.9 Å². The van der Waals surface area contributed by atoms with Crippen molar-refractivity contribution in [2.75, 3.05) is 0 Å². The molecule has 2 unspecified atom stereocenters. The van der Waals surface area contributed by atoms with Crippen LogP contribution in [0.5, 0.6) is 0 Å². The van der Waals surface area contributed by atoms with Crippen molar-refractivity contribution in [3.05, 3.63) is 64.2 Å². The Morgan fingerprint density at radius 2 is 0.739 bits per heavy atom. The van der Waals surface area contributed by atoms with Crippen molar-refractivity contribution in [1.29, 1.82) is 0 Å². The fourth-order valence-corrected chi connectivity index (χ4v) is 1.48. The monoisotopic (exact) mass is 436 g/mol. The maximum Gasteiger partial charge on any atom is 0 e. The second-order valence-corrected chi connectivity index (χ2v) is 3.29. The van der Waals surface area contributed by atoms with Crippen LogP contribution < -0.4 is 0 Å². The fraction of sp³-hybridized carbons (Fsp3) is 0.231. The van der Waals surface area contributed by atoms with E-state index >= 15 is 0 Å². The maximum atomic E-state index is 7.50. The van der Waals surface area contributed by atoms with E-state index in [4.69, 9.17) is 53.2 Å². The second-order valence-electron chi connectivity index (χ2n) is 2.08. The fourth-order valence-electron chi connectivity index (χ4n) is 0.762. The molecular weight excluding hydrogens is 428 g/mol. The van der Waals surface area contributed by atoms with Crippen LogP contribution in [0.25, 0.3) is 0 Å². The summed E-state index contributed by atoms with van der Waals surface area (Å²) in [6, 6.07) is 0. The zero-order valence-electron chi connectivity index (χ0n) is 11.1. The Bertz CT molecular complexity index is 296. The van der Waals surface area contributed by atoms with Crippen molar-refractivity contribution in [2.45, 2.75) is 16.9 Å². The summed E-state index contributed by atoms with van der Waals surface area (Å²) in [5.41, 5.74) is 0. The van der Waals surface area contributed by atoms with Crippen molar-refractivity contribution in [1.82, 2.24) is 0 Å². The molecule has 23 heavy (non-hydrogen) atoms. The Balaban J connectivity index is -0.0000000232. The first-order valence-electron chi connectivity index (χ1n) is 4.18. The first-order valence-corrected chi connectivity index (χ1v) is 5.12. The third kappa shape index (κ3) is 73.7. The Kier molecular flexibility index (Phi) is 175. The average molecular weight is 436 g/mol. The van der Waals surface area contributed by atoms with E-state index in [9.17, 15) is 0 Å². The molecule has 0 aromatic rings. The van der Waals surface area contributed by atoms with Crippen molar-refractivity contribution in [3.8, 4) is 0 Å².